The van der Waals surface area contributed by atoms with Crippen molar-refractivity contribution in [2.24, 2.45) is 0 Å². The molecule has 2 aromatic rings. The van der Waals surface area contributed by atoms with Crippen LogP contribution in [-0.4, -0.2) is 23.1 Å². The molecule has 0 bridgehead atoms. The lowest BCUT2D eigenvalue weighted by atomic mass is 10.2. The maximum Gasteiger partial charge on any atom is 0.161 e. The van der Waals surface area contributed by atoms with Gasteiger partial charge in [-0.15, -0.1) is 0 Å². The van der Waals surface area contributed by atoms with Crippen LogP contribution in [0.5, 0.6) is 5.75 Å². The average molecular weight is 383 g/mol. The van der Waals surface area contributed by atoms with Gasteiger partial charge in [-0.2, -0.15) is 0 Å². The van der Waals surface area contributed by atoms with E-state index in [9.17, 15) is 0 Å². The highest BCUT2D eigenvalue weighted by Crippen LogP contribution is 2.22. The molecule has 2 rings (SSSR count). The molecular formula is C15H18IN3O. The fourth-order valence-corrected chi connectivity index (χ4v) is 2.17. The molecule has 1 N–H and O–H groups in total. The van der Waals surface area contributed by atoms with Crippen molar-refractivity contribution in [3.63, 3.8) is 0 Å². The molecule has 0 atom stereocenters. The van der Waals surface area contributed by atoms with E-state index >= 15 is 0 Å². The minimum absolute atomic E-state index is 0.725. The Morgan fingerprint density at radius 2 is 1.95 bits per heavy atom. The lowest BCUT2D eigenvalue weighted by Crippen LogP contribution is -2.03. The average Bonchev–Trinajstić information content (AvgIpc) is 2.48. The number of anilines is 1. The Morgan fingerprint density at radius 3 is 2.60 bits per heavy atom. The highest BCUT2D eigenvalue weighted by atomic mass is 127. The molecule has 1 aromatic carbocycles. The van der Waals surface area contributed by atoms with Crippen LogP contribution in [0.15, 0.2) is 30.5 Å². The van der Waals surface area contributed by atoms with Gasteiger partial charge in [-0.25, -0.2) is 9.97 Å². The Bertz CT molecular complexity index is 558. The lowest BCUT2D eigenvalue weighted by molar-refractivity contribution is 0.317. The molecule has 4 nitrogen and oxygen atoms in total. The van der Waals surface area contributed by atoms with Crippen molar-refractivity contribution in [3.8, 4) is 17.1 Å². The Labute approximate surface area is 133 Å². The summed E-state index contributed by atoms with van der Waals surface area (Å²) in [5.74, 6) is 2.49. The van der Waals surface area contributed by atoms with E-state index in [-0.39, 0.29) is 0 Å². The first-order chi connectivity index (χ1) is 9.74. The Balaban J connectivity index is 2.20. The van der Waals surface area contributed by atoms with Gasteiger partial charge in [-0.3, -0.25) is 0 Å². The minimum Gasteiger partial charge on any atom is -0.494 e. The largest absolute Gasteiger partial charge is 0.494 e. The number of benzene rings is 1. The molecule has 5 heteroatoms. The van der Waals surface area contributed by atoms with E-state index in [1.54, 1.807) is 0 Å². The number of hydrogen-bond acceptors (Lipinski definition) is 4. The van der Waals surface area contributed by atoms with Crippen LogP contribution in [0.4, 0.5) is 5.82 Å². The first kappa shape index (κ1) is 15.0. The Kier molecular flexibility index (Phi) is 5.58. The van der Waals surface area contributed by atoms with Crippen molar-refractivity contribution in [3.05, 3.63) is 34.0 Å². The molecule has 0 fully saturated rings. The zero-order valence-electron chi connectivity index (χ0n) is 11.7. The van der Waals surface area contributed by atoms with Crippen LogP contribution >= 0.6 is 22.6 Å². The third kappa shape index (κ3) is 3.82. The van der Waals surface area contributed by atoms with Gasteiger partial charge < -0.3 is 10.1 Å². The molecule has 0 aliphatic heterocycles. The maximum absolute atomic E-state index is 5.57. The molecule has 1 aromatic heterocycles. The van der Waals surface area contributed by atoms with Crippen molar-refractivity contribution >= 4 is 28.4 Å². The maximum atomic E-state index is 5.57. The summed E-state index contributed by atoms with van der Waals surface area (Å²) in [6.45, 7) is 5.73. The van der Waals surface area contributed by atoms with Gasteiger partial charge in [0.2, 0.25) is 0 Å². The predicted molar refractivity (Wildman–Crippen MR) is 90.1 cm³/mol. The molecule has 0 spiro atoms. The molecule has 106 valence electrons. The number of nitrogens with one attached hydrogen (secondary N) is 1. The summed E-state index contributed by atoms with van der Waals surface area (Å²) in [5.41, 5.74) is 0.990. The zero-order valence-corrected chi connectivity index (χ0v) is 13.8. The van der Waals surface area contributed by atoms with E-state index in [1.165, 1.54) is 0 Å². The quantitative estimate of drug-likeness (QED) is 0.767. The van der Waals surface area contributed by atoms with Crippen molar-refractivity contribution < 1.29 is 4.74 Å². The van der Waals surface area contributed by atoms with E-state index in [4.69, 9.17) is 4.74 Å². The highest BCUT2D eigenvalue weighted by Gasteiger charge is 2.06. The fourth-order valence-electron chi connectivity index (χ4n) is 1.72. The Morgan fingerprint density at radius 1 is 1.20 bits per heavy atom. The summed E-state index contributed by atoms with van der Waals surface area (Å²) in [7, 11) is 0. The van der Waals surface area contributed by atoms with Gasteiger partial charge in [-0.1, -0.05) is 6.92 Å². The zero-order chi connectivity index (χ0) is 14.4. The second kappa shape index (κ2) is 7.42. The summed E-state index contributed by atoms with van der Waals surface area (Å²) in [5, 5.41) is 3.24. The highest BCUT2D eigenvalue weighted by molar-refractivity contribution is 14.1. The summed E-state index contributed by atoms with van der Waals surface area (Å²) >= 11 is 2.23. The number of hydrogen-bond donors (Lipinski definition) is 1. The van der Waals surface area contributed by atoms with E-state index in [0.29, 0.717) is 0 Å². The van der Waals surface area contributed by atoms with Crippen LogP contribution in [0.2, 0.25) is 0 Å². The van der Waals surface area contributed by atoms with Crippen molar-refractivity contribution in [1.29, 1.82) is 0 Å². The van der Waals surface area contributed by atoms with E-state index in [1.807, 2.05) is 30.5 Å². The molecule has 0 unspecified atom stereocenters. The fraction of sp³-hybridized carbons (Fsp3) is 0.333. The third-order valence-corrected chi connectivity index (χ3v) is 3.46. The van der Waals surface area contributed by atoms with Gasteiger partial charge in [0.05, 0.1) is 10.2 Å². The van der Waals surface area contributed by atoms with Crippen LogP contribution in [0.1, 0.15) is 20.3 Å². The number of ether oxygens (including phenoxy) is 1. The monoisotopic (exact) mass is 383 g/mol. The van der Waals surface area contributed by atoms with Crippen molar-refractivity contribution in [2.75, 3.05) is 18.5 Å². The van der Waals surface area contributed by atoms with E-state index in [0.717, 1.165) is 46.1 Å². The summed E-state index contributed by atoms with van der Waals surface area (Å²) < 4.78 is 6.60. The number of halogens is 1. The molecule has 1 heterocycles. The van der Waals surface area contributed by atoms with Gasteiger partial charge in [0.25, 0.3) is 0 Å². The first-order valence-electron chi connectivity index (χ1n) is 6.74. The van der Waals surface area contributed by atoms with Gasteiger partial charge in [0, 0.05) is 18.3 Å². The second-order valence-electron chi connectivity index (χ2n) is 4.29. The normalized spacial score (nSPS) is 10.3. The van der Waals surface area contributed by atoms with Gasteiger partial charge in [0.15, 0.2) is 5.82 Å². The van der Waals surface area contributed by atoms with Crippen LogP contribution in [-0.2, 0) is 0 Å². The summed E-state index contributed by atoms with van der Waals surface area (Å²) in [6.07, 6.45) is 2.84. The second-order valence-corrected chi connectivity index (χ2v) is 5.46. The first-order valence-corrected chi connectivity index (χ1v) is 7.82. The third-order valence-electron chi connectivity index (χ3n) is 2.67. The molecule has 0 saturated heterocycles. The van der Waals surface area contributed by atoms with Gasteiger partial charge >= 0.3 is 0 Å². The standard InChI is InChI=1S/C15H18IN3O/c1-3-9-20-12-7-5-11(6-8-12)14-18-10-13(16)15(19-14)17-4-2/h5-8,10H,3-4,9H2,1-2H3,(H,17,18,19). The van der Waals surface area contributed by atoms with Crippen LogP contribution in [0.25, 0.3) is 11.4 Å². The number of rotatable bonds is 6. The smallest absolute Gasteiger partial charge is 0.161 e. The van der Waals surface area contributed by atoms with Crippen molar-refractivity contribution in [2.45, 2.75) is 20.3 Å². The Hall–Kier alpha value is -1.37. The lowest BCUT2D eigenvalue weighted by Gasteiger charge is -2.08. The molecule has 0 amide bonds. The van der Waals surface area contributed by atoms with Crippen LogP contribution < -0.4 is 10.1 Å². The van der Waals surface area contributed by atoms with E-state index < -0.39 is 0 Å². The van der Waals surface area contributed by atoms with Gasteiger partial charge in [-0.05, 0) is 60.2 Å². The van der Waals surface area contributed by atoms with Gasteiger partial charge in [0.1, 0.15) is 11.6 Å². The molecule has 0 saturated carbocycles. The van der Waals surface area contributed by atoms with Crippen LogP contribution in [0.3, 0.4) is 0 Å². The number of nitrogens with zero attached hydrogens (tertiary/aromatic N) is 2. The van der Waals surface area contributed by atoms with Crippen molar-refractivity contribution in [1.82, 2.24) is 9.97 Å². The molecule has 0 radical (unpaired) electrons. The SMILES string of the molecule is CCCOc1ccc(-c2ncc(I)c(NCC)n2)cc1. The summed E-state index contributed by atoms with van der Waals surface area (Å²) in [4.78, 5) is 8.94. The molecule has 0 aliphatic carbocycles. The molecule has 0 aliphatic rings. The van der Waals surface area contributed by atoms with Crippen LogP contribution in [0, 0.1) is 3.57 Å². The molecule has 20 heavy (non-hydrogen) atoms. The van der Waals surface area contributed by atoms with E-state index in [2.05, 4.69) is 51.7 Å². The number of aromatic nitrogens is 2. The summed E-state index contributed by atoms with van der Waals surface area (Å²) in [6, 6.07) is 7.89. The topological polar surface area (TPSA) is 47.0 Å². The molecular weight excluding hydrogens is 365 g/mol. The predicted octanol–water partition coefficient (Wildman–Crippen LogP) is 3.97. The minimum atomic E-state index is 0.725.